The summed E-state index contributed by atoms with van der Waals surface area (Å²) in [6.07, 6.45) is 6.43. The Labute approximate surface area is 172 Å². The molecule has 2 aliphatic rings. The minimum Gasteiger partial charge on any atom is -0.497 e. The molecule has 0 radical (unpaired) electrons. The lowest BCUT2D eigenvalue weighted by molar-refractivity contribution is 0.0740. The van der Waals surface area contributed by atoms with E-state index < -0.39 is 0 Å². The van der Waals surface area contributed by atoms with Gasteiger partial charge in [0.05, 0.1) is 7.11 Å². The molecule has 2 aromatic rings. The second-order valence-electron chi connectivity index (χ2n) is 7.64. The maximum absolute atomic E-state index is 13.0. The summed E-state index contributed by atoms with van der Waals surface area (Å²) in [6, 6.07) is 9.93. The molecule has 7 heteroatoms. The van der Waals surface area contributed by atoms with E-state index in [2.05, 4.69) is 31.9 Å². The number of piperazine rings is 1. The van der Waals surface area contributed by atoms with Gasteiger partial charge < -0.3 is 19.4 Å². The van der Waals surface area contributed by atoms with Gasteiger partial charge in [0.15, 0.2) is 0 Å². The van der Waals surface area contributed by atoms with E-state index in [0.717, 1.165) is 43.4 Å². The fourth-order valence-corrected chi connectivity index (χ4v) is 4.06. The molecule has 0 spiro atoms. The molecule has 154 valence electrons. The van der Waals surface area contributed by atoms with Crippen molar-refractivity contribution in [1.29, 1.82) is 0 Å². The summed E-state index contributed by atoms with van der Waals surface area (Å²) in [5.74, 6) is 1.73. The summed E-state index contributed by atoms with van der Waals surface area (Å²) in [7, 11) is 1.67. The highest BCUT2D eigenvalue weighted by Gasteiger charge is 2.24. The summed E-state index contributed by atoms with van der Waals surface area (Å²) >= 11 is 0. The summed E-state index contributed by atoms with van der Waals surface area (Å²) in [5, 5.41) is 0. The van der Waals surface area contributed by atoms with E-state index in [1.165, 1.54) is 32.0 Å². The SMILES string of the molecule is COc1ccc(N2CCN(C(=O)c3cc(N4CCCCCC4)ncn3)CC2)cc1. The smallest absolute Gasteiger partial charge is 0.272 e. The lowest BCUT2D eigenvalue weighted by Gasteiger charge is -2.36. The van der Waals surface area contributed by atoms with Crippen LogP contribution in [0.1, 0.15) is 36.2 Å². The van der Waals surface area contributed by atoms with Gasteiger partial charge in [0.2, 0.25) is 0 Å². The Kier molecular flexibility index (Phi) is 6.12. The van der Waals surface area contributed by atoms with Gasteiger partial charge in [-0.3, -0.25) is 4.79 Å². The van der Waals surface area contributed by atoms with Crippen molar-refractivity contribution < 1.29 is 9.53 Å². The standard InChI is InChI=1S/C22H29N5O2/c1-29-19-8-6-18(7-9-19)25-12-14-27(15-13-25)22(28)20-16-21(24-17-23-20)26-10-4-2-3-5-11-26/h6-9,16-17H,2-5,10-15H2,1H3. The summed E-state index contributed by atoms with van der Waals surface area (Å²) in [4.78, 5) is 28.2. The maximum atomic E-state index is 13.0. The van der Waals surface area contributed by atoms with Crippen LogP contribution in [0.4, 0.5) is 11.5 Å². The second-order valence-corrected chi connectivity index (χ2v) is 7.64. The van der Waals surface area contributed by atoms with E-state index in [4.69, 9.17) is 4.74 Å². The Hall–Kier alpha value is -2.83. The lowest BCUT2D eigenvalue weighted by atomic mass is 10.2. The van der Waals surface area contributed by atoms with Crippen molar-refractivity contribution in [1.82, 2.24) is 14.9 Å². The average Bonchev–Trinajstić information content (AvgIpc) is 3.09. The Morgan fingerprint density at radius 3 is 2.21 bits per heavy atom. The molecule has 2 saturated heterocycles. The monoisotopic (exact) mass is 395 g/mol. The first-order chi connectivity index (χ1) is 14.2. The van der Waals surface area contributed by atoms with E-state index in [-0.39, 0.29) is 5.91 Å². The number of methoxy groups -OCH3 is 1. The zero-order chi connectivity index (χ0) is 20.1. The van der Waals surface area contributed by atoms with Crippen molar-refractivity contribution in [3.8, 4) is 5.75 Å². The van der Waals surface area contributed by atoms with Crippen molar-refractivity contribution in [3.05, 3.63) is 42.4 Å². The van der Waals surface area contributed by atoms with E-state index in [9.17, 15) is 4.79 Å². The molecule has 2 fully saturated rings. The summed E-state index contributed by atoms with van der Waals surface area (Å²) < 4.78 is 5.23. The topological polar surface area (TPSA) is 61.8 Å². The number of hydrogen-bond donors (Lipinski definition) is 0. The minimum atomic E-state index is -0.00199. The number of nitrogens with zero attached hydrogens (tertiary/aromatic N) is 5. The Balaban J connectivity index is 1.38. The number of anilines is 2. The first-order valence-electron chi connectivity index (χ1n) is 10.5. The molecular formula is C22H29N5O2. The Bertz CT molecular complexity index is 810. The van der Waals surface area contributed by atoms with Crippen molar-refractivity contribution in [2.45, 2.75) is 25.7 Å². The van der Waals surface area contributed by atoms with Crippen LogP contribution < -0.4 is 14.5 Å². The zero-order valence-corrected chi connectivity index (χ0v) is 17.1. The van der Waals surface area contributed by atoms with Crippen LogP contribution in [0.3, 0.4) is 0 Å². The highest BCUT2D eigenvalue weighted by atomic mass is 16.5. The number of ether oxygens (including phenoxy) is 1. The Morgan fingerprint density at radius 2 is 1.55 bits per heavy atom. The molecule has 3 heterocycles. The first kappa shape index (κ1) is 19.5. The average molecular weight is 396 g/mol. The highest BCUT2D eigenvalue weighted by Crippen LogP contribution is 2.22. The zero-order valence-electron chi connectivity index (χ0n) is 17.1. The summed E-state index contributed by atoms with van der Waals surface area (Å²) in [5.41, 5.74) is 1.65. The van der Waals surface area contributed by atoms with Crippen LogP contribution in [-0.4, -0.2) is 67.2 Å². The van der Waals surface area contributed by atoms with E-state index in [0.29, 0.717) is 18.8 Å². The molecule has 7 nitrogen and oxygen atoms in total. The van der Waals surface area contributed by atoms with Crippen LogP contribution in [0.5, 0.6) is 5.75 Å². The van der Waals surface area contributed by atoms with Gasteiger partial charge in [-0.2, -0.15) is 0 Å². The third kappa shape index (κ3) is 4.60. The molecule has 1 aromatic carbocycles. The minimum absolute atomic E-state index is 0.00199. The predicted molar refractivity (Wildman–Crippen MR) is 114 cm³/mol. The summed E-state index contributed by atoms with van der Waals surface area (Å²) in [6.45, 7) is 5.00. The molecule has 4 rings (SSSR count). The van der Waals surface area contributed by atoms with Gasteiger partial charge in [-0.05, 0) is 37.1 Å². The molecule has 1 aromatic heterocycles. The van der Waals surface area contributed by atoms with E-state index in [1.807, 2.05) is 23.1 Å². The number of benzene rings is 1. The number of carbonyl (C=O) groups excluding carboxylic acids is 1. The predicted octanol–water partition coefficient (Wildman–Crippen LogP) is 2.83. The van der Waals surface area contributed by atoms with Gasteiger partial charge in [-0.15, -0.1) is 0 Å². The normalized spacial score (nSPS) is 17.8. The molecule has 2 aliphatic heterocycles. The van der Waals surface area contributed by atoms with Crippen LogP contribution in [0.15, 0.2) is 36.7 Å². The molecule has 0 unspecified atom stereocenters. The van der Waals surface area contributed by atoms with Gasteiger partial charge in [0, 0.05) is 51.0 Å². The Morgan fingerprint density at radius 1 is 0.862 bits per heavy atom. The molecule has 29 heavy (non-hydrogen) atoms. The van der Waals surface area contributed by atoms with Crippen molar-refractivity contribution >= 4 is 17.4 Å². The second kappa shape index (κ2) is 9.11. The van der Waals surface area contributed by atoms with Crippen molar-refractivity contribution in [3.63, 3.8) is 0 Å². The fraction of sp³-hybridized carbons (Fsp3) is 0.500. The number of amides is 1. The lowest BCUT2D eigenvalue weighted by Crippen LogP contribution is -2.49. The fourth-order valence-electron chi connectivity index (χ4n) is 4.06. The number of rotatable bonds is 4. The van der Waals surface area contributed by atoms with Crippen LogP contribution in [0, 0.1) is 0 Å². The van der Waals surface area contributed by atoms with Crippen LogP contribution in [0.25, 0.3) is 0 Å². The third-order valence-corrected chi connectivity index (χ3v) is 5.81. The van der Waals surface area contributed by atoms with Gasteiger partial charge in [0.25, 0.3) is 5.91 Å². The van der Waals surface area contributed by atoms with Gasteiger partial charge in [0.1, 0.15) is 23.6 Å². The van der Waals surface area contributed by atoms with Gasteiger partial charge in [-0.1, -0.05) is 12.8 Å². The molecule has 0 bridgehead atoms. The van der Waals surface area contributed by atoms with E-state index in [1.54, 1.807) is 7.11 Å². The quantitative estimate of drug-likeness (QED) is 0.793. The van der Waals surface area contributed by atoms with E-state index >= 15 is 0 Å². The number of hydrogen-bond acceptors (Lipinski definition) is 6. The maximum Gasteiger partial charge on any atom is 0.272 e. The molecule has 0 N–H and O–H groups in total. The first-order valence-corrected chi connectivity index (χ1v) is 10.5. The molecule has 0 aliphatic carbocycles. The molecule has 1 amide bonds. The third-order valence-electron chi connectivity index (χ3n) is 5.81. The largest absolute Gasteiger partial charge is 0.497 e. The van der Waals surface area contributed by atoms with Crippen molar-refractivity contribution in [2.75, 3.05) is 56.2 Å². The van der Waals surface area contributed by atoms with Gasteiger partial charge >= 0.3 is 0 Å². The van der Waals surface area contributed by atoms with Crippen molar-refractivity contribution in [2.24, 2.45) is 0 Å². The number of carbonyl (C=O) groups is 1. The van der Waals surface area contributed by atoms with Crippen LogP contribution >= 0.6 is 0 Å². The van der Waals surface area contributed by atoms with Gasteiger partial charge in [-0.25, -0.2) is 9.97 Å². The molecule has 0 saturated carbocycles. The highest BCUT2D eigenvalue weighted by molar-refractivity contribution is 5.93. The molecular weight excluding hydrogens is 366 g/mol. The van der Waals surface area contributed by atoms with Crippen LogP contribution in [-0.2, 0) is 0 Å². The number of aromatic nitrogens is 2. The van der Waals surface area contributed by atoms with Crippen LogP contribution in [0.2, 0.25) is 0 Å². The molecule has 0 atom stereocenters.